The van der Waals surface area contributed by atoms with Crippen molar-refractivity contribution in [3.05, 3.63) is 30.2 Å². The molecule has 2 saturated heterocycles. The molecule has 2 aliphatic rings. The van der Waals surface area contributed by atoms with Gasteiger partial charge >= 0.3 is 6.16 Å². The van der Waals surface area contributed by atoms with Crippen LogP contribution in [-0.4, -0.2) is 46.6 Å². The second-order valence-electron chi connectivity index (χ2n) is 5.84. The molecule has 0 aromatic carbocycles. The Morgan fingerprint density at radius 1 is 1.27 bits per heavy atom. The zero-order valence-corrected chi connectivity index (χ0v) is 12.1. The Bertz CT molecular complexity index is 656. The molecule has 22 heavy (non-hydrogen) atoms. The Labute approximate surface area is 127 Å². The van der Waals surface area contributed by atoms with Crippen LogP contribution in [0.2, 0.25) is 0 Å². The van der Waals surface area contributed by atoms with Gasteiger partial charge in [-0.25, -0.2) is 4.79 Å². The molecular weight excluding hydrogens is 286 g/mol. The number of hydrogen-bond acceptors (Lipinski definition) is 6. The van der Waals surface area contributed by atoms with Gasteiger partial charge in [0, 0.05) is 32.1 Å². The molecule has 0 saturated carbocycles. The number of ether oxygens (including phenoxy) is 2. The van der Waals surface area contributed by atoms with Gasteiger partial charge in [0.15, 0.2) is 11.4 Å². The number of rotatable bonds is 3. The van der Waals surface area contributed by atoms with Crippen LogP contribution in [0.1, 0.15) is 18.6 Å². The highest BCUT2D eigenvalue weighted by Gasteiger charge is 2.44. The van der Waals surface area contributed by atoms with E-state index >= 15 is 0 Å². The van der Waals surface area contributed by atoms with E-state index in [4.69, 9.17) is 13.9 Å². The quantitative estimate of drug-likeness (QED) is 0.875. The molecule has 4 rings (SSSR count). The fourth-order valence-electron chi connectivity index (χ4n) is 3.01. The van der Waals surface area contributed by atoms with E-state index in [-0.39, 0.29) is 0 Å². The van der Waals surface area contributed by atoms with Crippen LogP contribution in [0.15, 0.2) is 28.8 Å². The summed E-state index contributed by atoms with van der Waals surface area (Å²) in [4.78, 5) is 13.4. The van der Waals surface area contributed by atoms with E-state index in [0.717, 1.165) is 49.7 Å². The van der Waals surface area contributed by atoms with Gasteiger partial charge in [-0.1, -0.05) is 0 Å². The highest BCUT2D eigenvalue weighted by molar-refractivity contribution is 5.62. The first-order valence-electron chi connectivity index (χ1n) is 7.39. The molecule has 0 bridgehead atoms. The number of furan rings is 1. The third-order valence-corrected chi connectivity index (χ3v) is 4.33. The van der Waals surface area contributed by atoms with Crippen molar-refractivity contribution in [2.45, 2.75) is 25.0 Å². The minimum absolute atomic E-state index is 0.379. The van der Waals surface area contributed by atoms with Crippen molar-refractivity contribution in [1.82, 2.24) is 15.1 Å². The molecule has 2 fully saturated rings. The molecule has 2 aromatic rings. The zero-order valence-electron chi connectivity index (χ0n) is 12.1. The number of hydrogen-bond donors (Lipinski definition) is 1. The summed E-state index contributed by atoms with van der Waals surface area (Å²) in [7, 11) is 0. The van der Waals surface area contributed by atoms with Crippen LogP contribution in [-0.2, 0) is 16.0 Å². The molecular formula is C15H17N3O4. The first-order valence-corrected chi connectivity index (χ1v) is 7.39. The standard InChI is InChI=1S/C15H17N3O4/c19-14-20-10-15(22-14)4-7-18(8-5-15)9-11-1-2-13(21-11)12-3-6-16-17-12/h1-3,6H,4-5,7-10H2,(H,16,17). The molecule has 7 heteroatoms. The highest BCUT2D eigenvalue weighted by Crippen LogP contribution is 2.32. The number of likely N-dealkylation sites (tertiary alicyclic amines) is 1. The lowest BCUT2D eigenvalue weighted by Crippen LogP contribution is -2.45. The van der Waals surface area contributed by atoms with Gasteiger partial charge in [-0.3, -0.25) is 10.00 Å². The van der Waals surface area contributed by atoms with E-state index in [1.165, 1.54) is 0 Å². The average Bonchev–Trinajstić information content (AvgIpc) is 3.24. The van der Waals surface area contributed by atoms with E-state index in [9.17, 15) is 4.79 Å². The molecule has 0 unspecified atom stereocenters. The van der Waals surface area contributed by atoms with Crippen molar-refractivity contribution in [3.63, 3.8) is 0 Å². The highest BCUT2D eigenvalue weighted by atomic mass is 16.8. The number of piperidine rings is 1. The van der Waals surface area contributed by atoms with Gasteiger partial charge in [-0.15, -0.1) is 0 Å². The lowest BCUT2D eigenvalue weighted by Gasteiger charge is -2.35. The maximum Gasteiger partial charge on any atom is 0.509 e. The Hall–Kier alpha value is -2.28. The minimum Gasteiger partial charge on any atom is -0.458 e. The third-order valence-electron chi connectivity index (χ3n) is 4.33. The summed E-state index contributed by atoms with van der Waals surface area (Å²) >= 11 is 0. The van der Waals surface area contributed by atoms with Gasteiger partial charge < -0.3 is 13.9 Å². The van der Waals surface area contributed by atoms with Gasteiger partial charge in [0.1, 0.15) is 18.1 Å². The lowest BCUT2D eigenvalue weighted by molar-refractivity contribution is -0.00297. The van der Waals surface area contributed by atoms with Crippen LogP contribution in [0.5, 0.6) is 0 Å². The molecule has 7 nitrogen and oxygen atoms in total. The van der Waals surface area contributed by atoms with Gasteiger partial charge in [0.05, 0.1) is 6.54 Å². The molecule has 0 aliphatic carbocycles. The number of carbonyl (C=O) groups is 1. The van der Waals surface area contributed by atoms with Crippen LogP contribution in [0.3, 0.4) is 0 Å². The van der Waals surface area contributed by atoms with Crippen molar-refractivity contribution >= 4 is 6.16 Å². The van der Waals surface area contributed by atoms with Crippen LogP contribution < -0.4 is 0 Å². The van der Waals surface area contributed by atoms with Crippen LogP contribution in [0.4, 0.5) is 4.79 Å². The second kappa shape index (κ2) is 5.17. The Morgan fingerprint density at radius 2 is 2.14 bits per heavy atom. The first-order chi connectivity index (χ1) is 10.7. The molecule has 2 aromatic heterocycles. The second-order valence-corrected chi connectivity index (χ2v) is 5.84. The van der Waals surface area contributed by atoms with Crippen molar-refractivity contribution in [3.8, 4) is 11.5 Å². The van der Waals surface area contributed by atoms with Crippen molar-refractivity contribution in [2.75, 3.05) is 19.7 Å². The normalized spacial score (nSPS) is 21.0. The Kier molecular flexibility index (Phi) is 3.15. The topological polar surface area (TPSA) is 80.6 Å². The molecule has 4 heterocycles. The van der Waals surface area contributed by atoms with Crippen LogP contribution in [0.25, 0.3) is 11.5 Å². The Balaban J connectivity index is 1.36. The molecule has 0 amide bonds. The van der Waals surface area contributed by atoms with E-state index < -0.39 is 11.8 Å². The van der Waals surface area contributed by atoms with Gasteiger partial charge in [-0.2, -0.15) is 5.10 Å². The molecule has 1 spiro atoms. The largest absolute Gasteiger partial charge is 0.509 e. The number of nitrogens with one attached hydrogen (secondary N) is 1. The number of carbonyl (C=O) groups excluding carboxylic acids is 1. The number of aromatic amines is 1. The fourth-order valence-corrected chi connectivity index (χ4v) is 3.01. The van der Waals surface area contributed by atoms with Crippen molar-refractivity contribution < 1.29 is 18.7 Å². The summed E-state index contributed by atoms with van der Waals surface area (Å²) in [5.41, 5.74) is 0.469. The smallest absolute Gasteiger partial charge is 0.458 e. The van der Waals surface area contributed by atoms with Gasteiger partial charge in [-0.05, 0) is 18.2 Å². The van der Waals surface area contributed by atoms with E-state index in [1.54, 1.807) is 6.20 Å². The molecule has 0 atom stereocenters. The van der Waals surface area contributed by atoms with Gasteiger partial charge in [0.25, 0.3) is 0 Å². The predicted molar refractivity (Wildman–Crippen MR) is 76.0 cm³/mol. The summed E-state index contributed by atoms with van der Waals surface area (Å²) in [5.74, 6) is 1.71. The van der Waals surface area contributed by atoms with Crippen molar-refractivity contribution in [1.29, 1.82) is 0 Å². The first kappa shape index (κ1) is 13.4. The molecule has 116 valence electrons. The summed E-state index contributed by atoms with van der Waals surface area (Å²) in [6, 6.07) is 5.81. The Morgan fingerprint density at radius 3 is 2.82 bits per heavy atom. The number of cyclic esters (lactones) is 1. The zero-order chi connectivity index (χ0) is 15.0. The van der Waals surface area contributed by atoms with Crippen LogP contribution >= 0.6 is 0 Å². The number of H-pyrrole nitrogens is 1. The van der Waals surface area contributed by atoms with E-state index in [0.29, 0.717) is 6.61 Å². The minimum atomic E-state index is -0.538. The monoisotopic (exact) mass is 303 g/mol. The summed E-state index contributed by atoms with van der Waals surface area (Å²) in [6.07, 6.45) is 2.76. The summed E-state index contributed by atoms with van der Waals surface area (Å²) < 4.78 is 16.1. The lowest BCUT2D eigenvalue weighted by atomic mass is 9.92. The number of nitrogens with zero attached hydrogens (tertiary/aromatic N) is 2. The van der Waals surface area contributed by atoms with Gasteiger partial charge in [0.2, 0.25) is 0 Å². The number of aromatic nitrogens is 2. The third kappa shape index (κ3) is 2.48. The SMILES string of the molecule is O=C1OCC2(CCN(Cc3ccc(-c4ccn[nH]4)o3)CC2)O1. The maximum absolute atomic E-state index is 11.1. The molecule has 1 N–H and O–H groups in total. The van der Waals surface area contributed by atoms with Crippen molar-refractivity contribution in [2.24, 2.45) is 0 Å². The summed E-state index contributed by atoms with van der Waals surface area (Å²) in [5, 5.41) is 6.81. The molecule has 0 radical (unpaired) electrons. The maximum atomic E-state index is 11.1. The summed E-state index contributed by atoms with van der Waals surface area (Å²) in [6.45, 7) is 2.84. The average molecular weight is 303 g/mol. The molecule has 2 aliphatic heterocycles. The van der Waals surface area contributed by atoms with E-state index in [1.807, 2.05) is 18.2 Å². The fraction of sp³-hybridized carbons (Fsp3) is 0.467. The van der Waals surface area contributed by atoms with Crippen LogP contribution in [0, 0.1) is 0 Å². The predicted octanol–water partition coefficient (Wildman–Crippen LogP) is 2.17. The van der Waals surface area contributed by atoms with E-state index in [2.05, 4.69) is 15.1 Å².